The van der Waals surface area contributed by atoms with E-state index in [1.165, 1.54) is 0 Å². The molecular weight excluding hydrogens is 441 g/mol. The van der Waals surface area contributed by atoms with Gasteiger partial charge in [0.15, 0.2) is 0 Å². The maximum absolute atomic E-state index is 11.4. The van der Waals surface area contributed by atoms with Crippen LogP contribution in [0.15, 0.2) is 60.8 Å². The van der Waals surface area contributed by atoms with Gasteiger partial charge in [-0.3, -0.25) is 9.05 Å². The third-order valence-electron chi connectivity index (χ3n) is 4.18. The predicted octanol–water partition coefficient (Wildman–Crippen LogP) is 5.38. The van der Waals surface area contributed by atoms with Crippen molar-refractivity contribution >= 4 is 7.82 Å². The fourth-order valence-corrected chi connectivity index (χ4v) is 3.26. The van der Waals surface area contributed by atoms with Gasteiger partial charge in [-0.25, -0.2) is 4.57 Å². The summed E-state index contributed by atoms with van der Waals surface area (Å²) in [4.78, 5) is 9.32. The zero-order valence-corrected chi connectivity index (χ0v) is 21.0. The summed E-state index contributed by atoms with van der Waals surface area (Å²) in [6.07, 6.45) is 28.7. The number of allylic oxidation sites excluding steroid dienone is 10. The van der Waals surface area contributed by atoms with E-state index in [-0.39, 0.29) is 26.4 Å². The second-order valence-corrected chi connectivity index (χ2v) is 8.77. The van der Waals surface area contributed by atoms with Crippen molar-refractivity contribution < 1.29 is 28.3 Å². The van der Waals surface area contributed by atoms with Gasteiger partial charge < -0.3 is 20.5 Å². The molecule has 2 unspecified atom stereocenters. The third-order valence-corrected chi connectivity index (χ3v) is 5.16. The summed E-state index contributed by atoms with van der Waals surface area (Å²) in [5.41, 5.74) is 5.18. The topological polar surface area (TPSA) is 111 Å². The lowest BCUT2D eigenvalue weighted by atomic mass is 10.2. The summed E-state index contributed by atoms with van der Waals surface area (Å²) in [5.74, 6) is 0. The lowest BCUT2D eigenvalue weighted by molar-refractivity contribution is 0.00243. The van der Waals surface area contributed by atoms with E-state index in [1.54, 1.807) is 0 Å². The lowest BCUT2D eigenvalue weighted by Crippen LogP contribution is -2.22. The average Bonchev–Trinajstić information content (AvgIpc) is 2.80. The van der Waals surface area contributed by atoms with Crippen molar-refractivity contribution in [1.82, 2.24) is 0 Å². The molecule has 0 radical (unpaired) electrons. The van der Waals surface area contributed by atoms with Gasteiger partial charge >= 0.3 is 7.82 Å². The molecule has 8 heteroatoms. The maximum Gasteiger partial charge on any atom is 0.472 e. The summed E-state index contributed by atoms with van der Waals surface area (Å²) in [5, 5.41) is 9.70. The van der Waals surface area contributed by atoms with Crippen LogP contribution in [-0.2, 0) is 18.3 Å². The van der Waals surface area contributed by atoms with E-state index in [0.717, 1.165) is 51.4 Å². The number of unbranched alkanes of at least 4 members (excludes halogenated alkanes) is 2. The largest absolute Gasteiger partial charge is 0.472 e. The number of phosphoric acid groups is 1. The first-order valence-corrected chi connectivity index (χ1v) is 13.3. The highest BCUT2D eigenvalue weighted by Crippen LogP contribution is 2.42. The number of hydrogen-bond acceptors (Lipinski definition) is 6. The SMILES string of the molecule is CC/C=C\C/C=C\C/C=C\C/C=C\C/C=C\CCCCOCC(O)COP(=O)(O)OCCN. The van der Waals surface area contributed by atoms with Gasteiger partial charge in [-0.05, 0) is 51.4 Å². The Morgan fingerprint density at radius 3 is 1.88 bits per heavy atom. The minimum absolute atomic E-state index is 0.0402. The molecule has 4 N–H and O–H groups in total. The predicted molar refractivity (Wildman–Crippen MR) is 136 cm³/mol. The van der Waals surface area contributed by atoms with Crippen molar-refractivity contribution in [1.29, 1.82) is 0 Å². The van der Waals surface area contributed by atoms with Crippen LogP contribution in [0.25, 0.3) is 0 Å². The summed E-state index contributed by atoms with van der Waals surface area (Å²) < 4.78 is 26.0. The molecule has 0 bridgehead atoms. The molecule has 0 aliphatic rings. The van der Waals surface area contributed by atoms with E-state index >= 15 is 0 Å². The molecule has 0 rings (SSSR count). The molecule has 0 aromatic heterocycles. The molecule has 0 saturated carbocycles. The maximum atomic E-state index is 11.4. The molecule has 7 nitrogen and oxygen atoms in total. The molecule has 0 fully saturated rings. The monoisotopic (exact) mass is 485 g/mol. The third kappa shape index (κ3) is 25.2. The molecule has 0 aliphatic carbocycles. The molecule has 190 valence electrons. The molecular formula is C25H44NO6P. The van der Waals surface area contributed by atoms with Crippen molar-refractivity contribution in [2.45, 2.75) is 64.4 Å². The quantitative estimate of drug-likeness (QED) is 0.107. The van der Waals surface area contributed by atoms with E-state index in [2.05, 4.69) is 76.7 Å². The Bertz CT molecular complexity index is 630. The Labute approximate surface area is 200 Å². The van der Waals surface area contributed by atoms with Crippen LogP contribution in [0.2, 0.25) is 0 Å². The summed E-state index contributed by atoms with van der Waals surface area (Å²) in [7, 11) is -4.16. The van der Waals surface area contributed by atoms with E-state index in [9.17, 15) is 14.6 Å². The normalized spacial score (nSPS) is 15.6. The molecule has 0 heterocycles. The van der Waals surface area contributed by atoms with E-state index in [0.29, 0.717) is 6.61 Å². The van der Waals surface area contributed by atoms with Gasteiger partial charge in [-0.1, -0.05) is 67.7 Å². The summed E-state index contributed by atoms with van der Waals surface area (Å²) in [6.45, 7) is 2.39. The molecule has 2 atom stereocenters. The Morgan fingerprint density at radius 1 is 0.788 bits per heavy atom. The molecule has 0 spiro atoms. The van der Waals surface area contributed by atoms with Crippen LogP contribution in [0.1, 0.15) is 58.3 Å². The molecule has 0 aliphatic heterocycles. The van der Waals surface area contributed by atoms with Gasteiger partial charge in [0.1, 0.15) is 6.10 Å². The van der Waals surface area contributed by atoms with Gasteiger partial charge in [-0.15, -0.1) is 0 Å². The number of nitrogens with two attached hydrogens (primary N) is 1. The summed E-state index contributed by atoms with van der Waals surface area (Å²) in [6, 6.07) is 0. The van der Waals surface area contributed by atoms with Crippen LogP contribution in [0.3, 0.4) is 0 Å². The smallest absolute Gasteiger partial charge is 0.388 e. The van der Waals surface area contributed by atoms with Crippen molar-refractivity contribution in [2.75, 3.05) is 33.0 Å². The van der Waals surface area contributed by atoms with Crippen molar-refractivity contribution in [2.24, 2.45) is 5.73 Å². The number of rotatable bonds is 22. The highest BCUT2D eigenvalue weighted by atomic mass is 31.2. The Balaban J connectivity index is 3.54. The zero-order valence-electron chi connectivity index (χ0n) is 20.1. The lowest BCUT2D eigenvalue weighted by Gasteiger charge is -2.15. The standard InChI is InChI=1S/C25H44NO6P/c1-2-3-4-5-6-7-8-9-10-11-12-13-14-15-16-17-18-19-21-30-23-25(27)24-32-33(28,29)31-22-20-26/h3-4,6-7,9-10,12-13,15-16,25,27H,2,5,8,11,14,17-24,26H2,1H3,(H,28,29)/b4-3-,7-6-,10-9-,13-12-,16-15-. The van der Waals surface area contributed by atoms with Crippen molar-refractivity contribution in [3.05, 3.63) is 60.8 Å². The molecule has 0 aromatic carbocycles. The number of aliphatic hydroxyl groups excluding tert-OH is 1. The van der Waals surface area contributed by atoms with Gasteiger partial charge in [0.25, 0.3) is 0 Å². The molecule has 33 heavy (non-hydrogen) atoms. The van der Waals surface area contributed by atoms with Gasteiger partial charge in [-0.2, -0.15) is 0 Å². The fourth-order valence-electron chi connectivity index (χ4n) is 2.49. The zero-order chi connectivity index (χ0) is 24.5. The Hall–Kier alpha value is -1.31. The minimum Gasteiger partial charge on any atom is -0.388 e. The van der Waals surface area contributed by atoms with Crippen LogP contribution in [0.4, 0.5) is 0 Å². The number of ether oxygens (including phenoxy) is 1. The first-order chi connectivity index (χ1) is 16.0. The van der Waals surface area contributed by atoms with E-state index < -0.39 is 13.9 Å². The van der Waals surface area contributed by atoms with Crippen LogP contribution < -0.4 is 5.73 Å². The highest BCUT2D eigenvalue weighted by molar-refractivity contribution is 7.47. The van der Waals surface area contributed by atoms with Crippen LogP contribution in [0, 0.1) is 0 Å². The first-order valence-electron chi connectivity index (χ1n) is 11.8. The second kappa shape index (κ2) is 23.8. The summed E-state index contributed by atoms with van der Waals surface area (Å²) >= 11 is 0. The van der Waals surface area contributed by atoms with Crippen molar-refractivity contribution in [3.8, 4) is 0 Å². The fraction of sp³-hybridized carbons (Fsp3) is 0.600. The van der Waals surface area contributed by atoms with Gasteiger partial charge in [0, 0.05) is 13.2 Å². The number of phosphoric ester groups is 1. The molecule has 0 aromatic rings. The molecule has 0 saturated heterocycles. The average molecular weight is 486 g/mol. The first kappa shape index (κ1) is 31.7. The van der Waals surface area contributed by atoms with Crippen LogP contribution in [-0.4, -0.2) is 49.1 Å². The van der Waals surface area contributed by atoms with E-state index in [1.807, 2.05) is 0 Å². The Morgan fingerprint density at radius 2 is 1.33 bits per heavy atom. The van der Waals surface area contributed by atoms with Gasteiger partial charge in [0.05, 0.1) is 19.8 Å². The van der Waals surface area contributed by atoms with E-state index in [4.69, 9.17) is 10.5 Å². The molecule has 0 amide bonds. The van der Waals surface area contributed by atoms with Crippen molar-refractivity contribution in [3.63, 3.8) is 0 Å². The highest BCUT2D eigenvalue weighted by Gasteiger charge is 2.22. The van der Waals surface area contributed by atoms with Crippen LogP contribution >= 0.6 is 7.82 Å². The van der Waals surface area contributed by atoms with Crippen LogP contribution in [0.5, 0.6) is 0 Å². The second-order valence-electron chi connectivity index (χ2n) is 7.32. The minimum atomic E-state index is -4.16. The number of aliphatic hydroxyl groups is 1. The van der Waals surface area contributed by atoms with Gasteiger partial charge in [0.2, 0.25) is 0 Å². The Kier molecular flexibility index (Phi) is 22.9. The number of hydrogen-bond donors (Lipinski definition) is 3.